The third-order valence-corrected chi connectivity index (χ3v) is 4.90. The molecule has 0 bridgehead atoms. The third-order valence-electron chi connectivity index (χ3n) is 4.65. The van der Waals surface area contributed by atoms with E-state index in [2.05, 4.69) is 10.6 Å². The van der Waals surface area contributed by atoms with Crippen LogP contribution in [0.1, 0.15) is 18.1 Å². The second kappa shape index (κ2) is 7.98. The van der Waals surface area contributed by atoms with Gasteiger partial charge in [0, 0.05) is 11.6 Å². The van der Waals surface area contributed by atoms with Gasteiger partial charge >= 0.3 is 6.03 Å². The zero-order valence-electron chi connectivity index (χ0n) is 15.2. The van der Waals surface area contributed by atoms with Gasteiger partial charge < -0.3 is 10.6 Å². The van der Waals surface area contributed by atoms with Crippen LogP contribution in [-0.4, -0.2) is 35.8 Å². The normalized spacial score (nSPS) is 18.9. The van der Waals surface area contributed by atoms with Gasteiger partial charge in [0.25, 0.3) is 5.91 Å². The zero-order chi connectivity index (χ0) is 20.3. The molecule has 1 atom stereocenters. The molecule has 1 saturated heterocycles. The average molecular weight is 404 g/mol. The largest absolute Gasteiger partial charge is 0.354 e. The number of amides is 4. The molecule has 3 rings (SSSR count). The molecular formula is C20H19ClFN3O3. The van der Waals surface area contributed by atoms with E-state index >= 15 is 0 Å². The van der Waals surface area contributed by atoms with Crippen LogP contribution in [0.3, 0.4) is 0 Å². The minimum atomic E-state index is -1.25. The first-order valence-corrected chi connectivity index (χ1v) is 9.09. The Labute approximate surface area is 166 Å². The Balaban J connectivity index is 1.58. The maximum Gasteiger partial charge on any atom is 0.325 e. The minimum Gasteiger partial charge on any atom is -0.354 e. The maximum atomic E-state index is 12.9. The van der Waals surface area contributed by atoms with Crippen LogP contribution in [0.25, 0.3) is 0 Å². The van der Waals surface area contributed by atoms with Gasteiger partial charge in [0.1, 0.15) is 17.9 Å². The molecule has 4 amide bonds. The predicted molar refractivity (Wildman–Crippen MR) is 102 cm³/mol. The average Bonchev–Trinajstić information content (AvgIpc) is 2.88. The van der Waals surface area contributed by atoms with Crippen LogP contribution in [-0.2, 0) is 21.5 Å². The molecule has 146 valence electrons. The fourth-order valence-electron chi connectivity index (χ4n) is 3.02. The number of benzene rings is 2. The molecule has 28 heavy (non-hydrogen) atoms. The summed E-state index contributed by atoms with van der Waals surface area (Å²) in [5.41, 5.74) is 0.192. The maximum absolute atomic E-state index is 12.9. The van der Waals surface area contributed by atoms with Gasteiger partial charge in [-0.25, -0.2) is 9.18 Å². The van der Waals surface area contributed by atoms with E-state index in [1.54, 1.807) is 43.3 Å². The van der Waals surface area contributed by atoms with Gasteiger partial charge in [0.2, 0.25) is 5.91 Å². The van der Waals surface area contributed by atoms with E-state index in [0.29, 0.717) is 23.6 Å². The van der Waals surface area contributed by atoms with E-state index in [4.69, 9.17) is 11.6 Å². The first-order valence-electron chi connectivity index (χ1n) is 8.71. The summed E-state index contributed by atoms with van der Waals surface area (Å²) >= 11 is 5.87. The fraction of sp³-hybridized carbons (Fsp3) is 0.250. The van der Waals surface area contributed by atoms with Crippen molar-refractivity contribution in [3.63, 3.8) is 0 Å². The summed E-state index contributed by atoms with van der Waals surface area (Å²) in [4.78, 5) is 38.1. The molecule has 0 radical (unpaired) electrons. The number of halogens is 2. The number of nitrogens with zero attached hydrogens (tertiary/aromatic N) is 1. The monoisotopic (exact) mass is 403 g/mol. The zero-order valence-corrected chi connectivity index (χ0v) is 15.9. The van der Waals surface area contributed by atoms with Crippen molar-refractivity contribution in [1.29, 1.82) is 0 Å². The van der Waals surface area contributed by atoms with Crippen LogP contribution in [0, 0.1) is 5.82 Å². The molecule has 0 aromatic heterocycles. The molecule has 1 heterocycles. The summed E-state index contributed by atoms with van der Waals surface area (Å²) in [5, 5.41) is 5.82. The smallest absolute Gasteiger partial charge is 0.325 e. The van der Waals surface area contributed by atoms with Gasteiger partial charge in [-0.3, -0.25) is 14.5 Å². The summed E-state index contributed by atoms with van der Waals surface area (Å²) in [5.74, 6) is -1.28. The van der Waals surface area contributed by atoms with Crippen molar-refractivity contribution < 1.29 is 18.8 Å². The summed E-state index contributed by atoms with van der Waals surface area (Å²) < 4.78 is 12.9. The number of hydrogen-bond donors (Lipinski definition) is 2. The van der Waals surface area contributed by atoms with E-state index in [-0.39, 0.29) is 12.4 Å². The van der Waals surface area contributed by atoms with E-state index in [0.717, 1.165) is 10.5 Å². The first kappa shape index (κ1) is 19.8. The Hall–Kier alpha value is -2.93. The van der Waals surface area contributed by atoms with Crippen molar-refractivity contribution in [2.45, 2.75) is 18.9 Å². The van der Waals surface area contributed by atoms with Gasteiger partial charge in [-0.05, 0) is 48.7 Å². The van der Waals surface area contributed by atoms with E-state index in [1.807, 2.05) is 0 Å². The highest BCUT2D eigenvalue weighted by Crippen LogP contribution is 2.29. The third kappa shape index (κ3) is 4.14. The highest BCUT2D eigenvalue weighted by atomic mass is 35.5. The van der Waals surface area contributed by atoms with Crippen molar-refractivity contribution in [3.05, 3.63) is 70.5 Å². The highest BCUT2D eigenvalue weighted by Gasteiger charge is 2.49. The minimum absolute atomic E-state index is 0.308. The topological polar surface area (TPSA) is 78.5 Å². The molecule has 0 saturated carbocycles. The lowest BCUT2D eigenvalue weighted by Gasteiger charge is -2.22. The summed E-state index contributed by atoms with van der Waals surface area (Å²) in [6.07, 6.45) is 0.509. The first-order chi connectivity index (χ1) is 13.3. The number of urea groups is 1. The lowest BCUT2D eigenvalue weighted by molar-refractivity contribution is -0.134. The Bertz CT molecular complexity index is 902. The Morgan fingerprint density at radius 1 is 1.14 bits per heavy atom. The lowest BCUT2D eigenvalue weighted by Crippen LogP contribution is -2.43. The lowest BCUT2D eigenvalue weighted by atomic mass is 9.92. The van der Waals surface area contributed by atoms with Crippen LogP contribution in [0.15, 0.2) is 48.5 Å². The van der Waals surface area contributed by atoms with E-state index < -0.39 is 23.4 Å². The number of rotatable bonds is 6. The van der Waals surface area contributed by atoms with Gasteiger partial charge in [0.15, 0.2) is 0 Å². The Morgan fingerprint density at radius 2 is 1.79 bits per heavy atom. The molecule has 8 heteroatoms. The molecule has 2 N–H and O–H groups in total. The fourth-order valence-corrected chi connectivity index (χ4v) is 3.14. The second-order valence-electron chi connectivity index (χ2n) is 6.68. The van der Waals surface area contributed by atoms with E-state index in [9.17, 15) is 18.8 Å². The van der Waals surface area contributed by atoms with Crippen molar-refractivity contribution in [2.24, 2.45) is 0 Å². The summed E-state index contributed by atoms with van der Waals surface area (Å²) in [6.45, 7) is 1.52. The molecule has 1 aliphatic rings. The number of hydrogen-bond acceptors (Lipinski definition) is 3. The number of carbonyl (C=O) groups is 3. The number of carbonyl (C=O) groups excluding carboxylic acids is 3. The molecule has 1 unspecified atom stereocenters. The van der Waals surface area contributed by atoms with Crippen molar-refractivity contribution in [1.82, 2.24) is 15.5 Å². The standard InChI is InChI=1S/C20H19ClFN3O3/c1-20(14-4-6-15(21)7-5-14)18(27)25(19(28)24-20)12-17(26)23-11-10-13-2-8-16(22)9-3-13/h2-9H,10-12H2,1H3,(H,23,26)(H,24,28). The molecule has 2 aromatic carbocycles. The van der Waals surface area contributed by atoms with Gasteiger partial charge in [-0.1, -0.05) is 35.9 Å². The van der Waals surface area contributed by atoms with Crippen LogP contribution >= 0.6 is 11.6 Å². The summed E-state index contributed by atoms with van der Waals surface area (Å²) in [7, 11) is 0. The van der Waals surface area contributed by atoms with Crippen LogP contribution < -0.4 is 10.6 Å². The van der Waals surface area contributed by atoms with Gasteiger partial charge in [-0.15, -0.1) is 0 Å². The predicted octanol–water partition coefficient (Wildman–Crippen LogP) is 2.61. The number of nitrogens with one attached hydrogen (secondary N) is 2. The van der Waals surface area contributed by atoms with Crippen LogP contribution in [0.4, 0.5) is 9.18 Å². The Morgan fingerprint density at radius 3 is 2.43 bits per heavy atom. The van der Waals surface area contributed by atoms with Crippen LogP contribution in [0.5, 0.6) is 0 Å². The highest BCUT2D eigenvalue weighted by molar-refractivity contribution is 6.30. The molecule has 6 nitrogen and oxygen atoms in total. The molecule has 0 aliphatic carbocycles. The molecular weight excluding hydrogens is 385 g/mol. The second-order valence-corrected chi connectivity index (χ2v) is 7.12. The van der Waals surface area contributed by atoms with E-state index in [1.165, 1.54) is 12.1 Å². The van der Waals surface area contributed by atoms with Gasteiger partial charge in [-0.2, -0.15) is 0 Å². The summed E-state index contributed by atoms with van der Waals surface area (Å²) in [6, 6.07) is 11.9. The number of imide groups is 1. The molecule has 1 fully saturated rings. The SMILES string of the molecule is CC1(c2ccc(Cl)cc2)NC(=O)N(CC(=O)NCCc2ccc(F)cc2)C1=O. The molecule has 0 spiro atoms. The van der Waals surface area contributed by atoms with Crippen molar-refractivity contribution in [3.8, 4) is 0 Å². The van der Waals surface area contributed by atoms with Crippen molar-refractivity contribution in [2.75, 3.05) is 13.1 Å². The van der Waals surface area contributed by atoms with Crippen molar-refractivity contribution >= 4 is 29.4 Å². The Kier molecular flexibility index (Phi) is 5.65. The molecule has 2 aromatic rings. The quantitative estimate of drug-likeness (QED) is 0.728. The van der Waals surface area contributed by atoms with Gasteiger partial charge in [0.05, 0.1) is 0 Å². The van der Waals surface area contributed by atoms with Crippen LogP contribution in [0.2, 0.25) is 5.02 Å². The molecule has 1 aliphatic heterocycles.